The molecule has 1 aliphatic rings. The van der Waals surface area contributed by atoms with Crippen LogP contribution in [-0.2, 0) is 0 Å². The maximum Gasteiger partial charge on any atom is 0.335 e. The summed E-state index contributed by atoms with van der Waals surface area (Å²) in [7, 11) is 0. The number of carbonyl (C=O) groups is 2. The summed E-state index contributed by atoms with van der Waals surface area (Å²) in [4.78, 5) is 25.0. The summed E-state index contributed by atoms with van der Waals surface area (Å²) < 4.78 is 13.7. The number of rotatable bonds is 3. The van der Waals surface area contributed by atoms with Crippen molar-refractivity contribution in [3.8, 4) is 0 Å². The van der Waals surface area contributed by atoms with Crippen LogP contribution in [0.15, 0.2) is 18.2 Å². The Balaban J connectivity index is 2.19. The Bertz CT molecular complexity index is 562. The maximum absolute atomic E-state index is 13.7. The first kappa shape index (κ1) is 15.3. The van der Waals surface area contributed by atoms with E-state index in [1.54, 1.807) is 4.90 Å². The third-order valence-corrected chi connectivity index (χ3v) is 3.95. The molecular formula is C15H19FN2O3. The Morgan fingerprint density at radius 2 is 2.14 bits per heavy atom. The smallest absolute Gasteiger partial charge is 0.335 e. The molecule has 2 rings (SSSR count). The van der Waals surface area contributed by atoms with Gasteiger partial charge in [0.15, 0.2) is 0 Å². The molecular weight excluding hydrogens is 275 g/mol. The van der Waals surface area contributed by atoms with E-state index in [1.807, 2.05) is 13.8 Å². The lowest BCUT2D eigenvalue weighted by Gasteiger charge is -2.28. The number of nitrogens with one attached hydrogen (secondary N) is 1. The van der Waals surface area contributed by atoms with Crippen molar-refractivity contribution in [2.75, 3.05) is 5.32 Å². The molecule has 0 saturated carbocycles. The van der Waals surface area contributed by atoms with Gasteiger partial charge in [0.2, 0.25) is 0 Å². The van der Waals surface area contributed by atoms with Crippen molar-refractivity contribution in [1.82, 2.24) is 4.90 Å². The van der Waals surface area contributed by atoms with Crippen molar-refractivity contribution in [2.24, 2.45) is 0 Å². The third kappa shape index (κ3) is 3.15. The molecule has 2 amide bonds. The molecule has 0 radical (unpaired) electrons. The van der Waals surface area contributed by atoms with Crippen LogP contribution in [0.5, 0.6) is 0 Å². The minimum absolute atomic E-state index is 0.0618. The largest absolute Gasteiger partial charge is 0.478 e. The van der Waals surface area contributed by atoms with Gasteiger partial charge in [-0.1, -0.05) is 6.92 Å². The van der Waals surface area contributed by atoms with Gasteiger partial charge < -0.3 is 15.3 Å². The summed E-state index contributed by atoms with van der Waals surface area (Å²) in [6.07, 6.45) is 2.70. The Labute approximate surface area is 122 Å². The molecule has 114 valence electrons. The average Bonchev–Trinajstić information content (AvgIpc) is 2.82. The van der Waals surface area contributed by atoms with E-state index in [9.17, 15) is 14.0 Å². The quantitative estimate of drug-likeness (QED) is 0.898. The molecule has 6 heteroatoms. The number of carboxylic acid groups (broad SMARTS) is 1. The van der Waals surface area contributed by atoms with E-state index in [4.69, 9.17) is 5.11 Å². The highest BCUT2D eigenvalue weighted by molar-refractivity contribution is 5.93. The Hall–Kier alpha value is -2.11. The van der Waals surface area contributed by atoms with Crippen LogP contribution in [0.2, 0.25) is 0 Å². The number of benzene rings is 1. The van der Waals surface area contributed by atoms with Crippen molar-refractivity contribution in [3.05, 3.63) is 29.6 Å². The van der Waals surface area contributed by atoms with Gasteiger partial charge in [0.05, 0.1) is 11.3 Å². The zero-order valence-corrected chi connectivity index (χ0v) is 12.1. The van der Waals surface area contributed by atoms with Crippen molar-refractivity contribution in [2.45, 2.75) is 45.2 Å². The molecule has 2 unspecified atom stereocenters. The summed E-state index contributed by atoms with van der Waals surface area (Å²) in [6, 6.07) is 3.21. The van der Waals surface area contributed by atoms with E-state index in [2.05, 4.69) is 5.32 Å². The van der Waals surface area contributed by atoms with Gasteiger partial charge >= 0.3 is 12.0 Å². The van der Waals surface area contributed by atoms with Crippen molar-refractivity contribution >= 4 is 17.7 Å². The van der Waals surface area contributed by atoms with Crippen LogP contribution >= 0.6 is 0 Å². The first-order chi connectivity index (χ1) is 9.93. The Morgan fingerprint density at radius 3 is 2.76 bits per heavy atom. The number of anilines is 1. The molecule has 2 N–H and O–H groups in total. The number of carbonyl (C=O) groups excluding carboxylic acids is 1. The summed E-state index contributed by atoms with van der Waals surface area (Å²) in [6.45, 7) is 3.97. The number of aromatic carboxylic acids is 1. The number of nitrogens with zero attached hydrogens (tertiary/aromatic N) is 1. The second kappa shape index (κ2) is 6.11. The molecule has 0 bridgehead atoms. The molecule has 2 atom stereocenters. The van der Waals surface area contributed by atoms with Gasteiger partial charge in [0.25, 0.3) is 0 Å². The Kier molecular flexibility index (Phi) is 4.45. The topological polar surface area (TPSA) is 69.6 Å². The number of amides is 2. The van der Waals surface area contributed by atoms with E-state index in [1.165, 1.54) is 6.07 Å². The second-order valence-corrected chi connectivity index (χ2v) is 5.33. The molecule has 1 aromatic rings. The number of carboxylic acids is 1. The van der Waals surface area contributed by atoms with Crippen molar-refractivity contribution < 1.29 is 19.1 Å². The SMILES string of the molecule is CCC1CCC(C)N1C(=O)Nc1cc(C(=O)O)ccc1F. The number of likely N-dealkylation sites (tertiary alicyclic amines) is 1. The lowest BCUT2D eigenvalue weighted by atomic mass is 10.1. The van der Waals surface area contributed by atoms with E-state index in [0.29, 0.717) is 0 Å². The lowest BCUT2D eigenvalue weighted by molar-refractivity contribution is 0.0697. The minimum atomic E-state index is -1.16. The fourth-order valence-electron chi connectivity index (χ4n) is 2.77. The van der Waals surface area contributed by atoms with E-state index in [-0.39, 0.29) is 29.4 Å². The van der Waals surface area contributed by atoms with Crippen LogP contribution in [-0.4, -0.2) is 34.1 Å². The normalized spacial score (nSPS) is 21.4. The van der Waals surface area contributed by atoms with Gasteiger partial charge in [0, 0.05) is 12.1 Å². The van der Waals surface area contributed by atoms with Crippen LogP contribution in [0.1, 0.15) is 43.5 Å². The highest BCUT2D eigenvalue weighted by Crippen LogP contribution is 2.27. The number of hydrogen-bond acceptors (Lipinski definition) is 2. The fourth-order valence-corrected chi connectivity index (χ4v) is 2.77. The molecule has 21 heavy (non-hydrogen) atoms. The molecule has 0 spiro atoms. The van der Waals surface area contributed by atoms with Crippen LogP contribution in [0.3, 0.4) is 0 Å². The molecule has 1 fully saturated rings. The van der Waals surface area contributed by atoms with Crippen LogP contribution in [0.4, 0.5) is 14.9 Å². The molecule has 1 aromatic carbocycles. The highest BCUT2D eigenvalue weighted by Gasteiger charge is 2.33. The predicted octanol–water partition coefficient (Wildman–Crippen LogP) is 3.32. The molecule has 1 heterocycles. The van der Waals surface area contributed by atoms with Crippen molar-refractivity contribution in [3.63, 3.8) is 0 Å². The van der Waals surface area contributed by atoms with Gasteiger partial charge in [-0.3, -0.25) is 0 Å². The average molecular weight is 294 g/mol. The maximum atomic E-state index is 13.7. The first-order valence-electron chi connectivity index (χ1n) is 7.06. The van der Waals surface area contributed by atoms with Crippen molar-refractivity contribution in [1.29, 1.82) is 0 Å². The summed E-state index contributed by atoms with van der Waals surface area (Å²) in [5, 5.41) is 11.4. The summed E-state index contributed by atoms with van der Waals surface area (Å²) in [5.74, 6) is -1.81. The summed E-state index contributed by atoms with van der Waals surface area (Å²) in [5.41, 5.74) is -0.165. The standard InChI is InChI=1S/C15H19FN2O3/c1-3-11-6-4-9(2)18(11)15(21)17-13-8-10(14(19)20)5-7-12(13)16/h5,7-9,11H,3-4,6H2,1-2H3,(H,17,21)(H,19,20). The zero-order chi connectivity index (χ0) is 15.6. The van der Waals surface area contributed by atoms with Gasteiger partial charge in [-0.2, -0.15) is 0 Å². The predicted molar refractivity (Wildman–Crippen MR) is 77.0 cm³/mol. The first-order valence-corrected chi connectivity index (χ1v) is 7.06. The van der Waals surface area contributed by atoms with Gasteiger partial charge in [-0.15, -0.1) is 0 Å². The second-order valence-electron chi connectivity index (χ2n) is 5.33. The van der Waals surface area contributed by atoms with E-state index < -0.39 is 11.8 Å². The minimum Gasteiger partial charge on any atom is -0.478 e. The highest BCUT2D eigenvalue weighted by atomic mass is 19.1. The number of urea groups is 1. The van der Waals surface area contributed by atoms with E-state index >= 15 is 0 Å². The monoisotopic (exact) mass is 294 g/mol. The fraction of sp³-hybridized carbons (Fsp3) is 0.467. The van der Waals surface area contributed by atoms with Crippen LogP contribution < -0.4 is 5.32 Å². The van der Waals surface area contributed by atoms with E-state index in [0.717, 1.165) is 31.4 Å². The molecule has 1 saturated heterocycles. The lowest BCUT2D eigenvalue weighted by Crippen LogP contribution is -2.42. The molecule has 5 nitrogen and oxygen atoms in total. The van der Waals surface area contributed by atoms with Crippen LogP contribution in [0, 0.1) is 5.82 Å². The van der Waals surface area contributed by atoms with Gasteiger partial charge in [-0.25, -0.2) is 14.0 Å². The Morgan fingerprint density at radius 1 is 1.43 bits per heavy atom. The molecule has 0 aliphatic carbocycles. The number of hydrogen-bond donors (Lipinski definition) is 2. The molecule has 0 aromatic heterocycles. The van der Waals surface area contributed by atoms with Crippen LogP contribution in [0.25, 0.3) is 0 Å². The molecule has 1 aliphatic heterocycles. The number of halogens is 1. The summed E-state index contributed by atoms with van der Waals surface area (Å²) >= 11 is 0. The third-order valence-electron chi connectivity index (χ3n) is 3.95. The van der Waals surface area contributed by atoms with Gasteiger partial charge in [-0.05, 0) is 44.4 Å². The van der Waals surface area contributed by atoms with Gasteiger partial charge in [0.1, 0.15) is 5.82 Å². The zero-order valence-electron chi connectivity index (χ0n) is 12.1.